The van der Waals surface area contributed by atoms with Gasteiger partial charge in [0.2, 0.25) is 5.91 Å². The Balaban J connectivity index is 2.15. The number of esters is 1. The zero-order valence-corrected chi connectivity index (χ0v) is 12.1. The number of carbonyl (C=O) groups excluding carboxylic acids is 2. The van der Waals surface area contributed by atoms with Crippen LogP contribution in [0.3, 0.4) is 0 Å². The third kappa shape index (κ3) is 3.79. The van der Waals surface area contributed by atoms with Crippen molar-refractivity contribution in [3.63, 3.8) is 0 Å². The zero-order valence-electron chi connectivity index (χ0n) is 11.3. The van der Waals surface area contributed by atoms with E-state index in [4.69, 9.17) is 16.3 Å². The van der Waals surface area contributed by atoms with Crippen LogP contribution in [0.1, 0.15) is 17.3 Å². The van der Waals surface area contributed by atoms with Gasteiger partial charge in [-0.2, -0.15) is 0 Å². The van der Waals surface area contributed by atoms with E-state index in [1.807, 2.05) is 0 Å². The van der Waals surface area contributed by atoms with Crippen LogP contribution in [0, 0.1) is 11.6 Å². The molecule has 0 unspecified atom stereocenters. The van der Waals surface area contributed by atoms with E-state index in [-0.39, 0.29) is 22.2 Å². The maximum Gasteiger partial charge on any atom is 0.345 e. The number of benzene rings is 2. The van der Waals surface area contributed by atoms with Crippen molar-refractivity contribution in [3.8, 4) is 5.75 Å². The lowest BCUT2D eigenvalue weighted by Crippen LogP contribution is -2.10. The summed E-state index contributed by atoms with van der Waals surface area (Å²) in [5, 5.41) is 2.30. The van der Waals surface area contributed by atoms with Gasteiger partial charge < -0.3 is 10.1 Å². The Morgan fingerprint density at radius 3 is 2.27 bits per heavy atom. The summed E-state index contributed by atoms with van der Waals surface area (Å²) in [7, 11) is 0. The first-order chi connectivity index (χ1) is 10.4. The minimum absolute atomic E-state index is 0.167. The molecule has 2 rings (SSSR count). The van der Waals surface area contributed by atoms with Crippen molar-refractivity contribution in [1.82, 2.24) is 0 Å². The summed E-state index contributed by atoms with van der Waals surface area (Å²) in [5.41, 5.74) is 0.240. The number of nitrogens with one attached hydrogen (secondary N) is 1. The zero-order chi connectivity index (χ0) is 16.3. The lowest BCUT2D eigenvalue weighted by molar-refractivity contribution is -0.114. The van der Waals surface area contributed by atoms with Crippen molar-refractivity contribution in [2.75, 3.05) is 5.32 Å². The van der Waals surface area contributed by atoms with Crippen molar-refractivity contribution in [1.29, 1.82) is 0 Å². The Morgan fingerprint density at radius 2 is 1.68 bits per heavy atom. The van der Waals surface area contributed by atoms with Crippen LogP contribution in [0.4, 0.5) is 14.5 Å². The van der Waals surface area contributed by atoms with Crippen LogP contribution >= 0.6 is 11.6 Å². The van der Waals surface area contributed by atoms with Crippen LogP contribution in [0.25, 0.3) is 0 Å². The number of carbonyl (C=O) groups is 2. The highest BCUT2D eigenvalue weighted by molar-refractivity contribution is 6.33. The molecule has 0 bridgehead atoms. The third-order valence-electron chi connectivity index (χ3n) is 2.62. The molecule has 114 valence electrons. The fourth-order valence-electron chi connectivity index (χ4n) is 1.65. The van der Waals surface area contributed by atoms with Crippen LogP contribution in [0.15, 0.2) is 36.4 Å². The number of halogens is 3. The molecule has 0 spiro atoms. The molecule has 0 heterocycles. The summed E-state index contributed by atoms with van der Waals surface area (Å²) in [4.78, 5) is 22.8. The van der Waals surface area contributed by atoms with Crippen LogP contribution in [0.2, 0.25) is 5.02 Å². The Kier molecular flexibility index (Phi) is 4.72. The number of amides is 1. The highest BCUT2D eigenvalue weighted by Gasteiger charge is 2.17. The second-order valence-electron chi connectivity index (χ2n) is 4.34. The lowest BCUT2D eigenvalue weighted by atomic mass is 10.2. The molecule has 0 fully saturated rings. The van der Waals surface area contributed by atoms with Crippen LogP contribution < -0.4 is 10.1 Å². The average molecular weight is 326 g/mol. The van der Waals surface area contributed by atoms with E-state index < -0.39 is 17.6 Å². The second kappa shape index (κ2) is 6.53. The Bertz CT molecular complexity index is 732. The fraction of sp³-hybridized carbons (Fsp3) is 0.0667. The van der Waals surface area contributed by atoms with Crippen molar-refractivity contribution >= 4 is 29.2 Å². The molecule has 0 aromatic heterocycles. The smallest absolute Gasteiger partial charge is 0.345 e. The summed E-state index contributed by atoms with van der Waals surface area (Å²) in [6.07, 6.45) is 0. The molecule has 7 heteroatoms. The minimum Gasteiger partial charge on any atom is -0.423 e. The van der Waals surface area contributed by atoms with Crippen molar-refractivity contribution < 1.29 is 23.1 Å². The van der Waals surface area contributed by atoms with Crippen molar-refractivity contribution in [3.05, 3.63) is 58.6 Å². The van der Waals surface area contributed by atoms with E-state index in [0.717, 1.165) is 0 Å². The molecule has 22 heavy (non-hydrogen) atoms. The van der Waals surface area contributed by atoms with E-state index in [0.29, 0.717) is 17.8 Å². The summed E-state index contributed by atoms with van der Waals surface area (Å²) in [6.45, 7) is 1.36. The summed E-state index contributed by atoms with van der Waals surface area (Å²) in [5.74, 6) is -3.34. The molecule has 0 saturated carbocycles. The third-order valence-corrected chi connectivity index (χ3v) is 2.93. The molecule has 0 aliphatic carbocycles. The first-order valence-corrected chi connectivity index (χ1v) is 6.49. The molecule has 4 nitrogen and oxygen atoms in total. The Morgan fingerprint density at radius 1 is 1.09 bits per heavy atom. The summed E-state index contributed by atoms with van der Waals surface area (Å²) in [6, 6.07) is 7.31. The molecule has 2 aromatic carbocycles. The minimum atomic E-state index is -1.20. The molecular formula is C15H10ClF2NO3. The number of anilines is 1. The van der Waals surface area contributed by atoms with Gasteiger partial charge >= 0.3 is 5.97 Å². The highest BCUT2D eigenvalue weighted by Crippen LogP contribution is 2.23. The van der Waals surface area contributed by atoms with Gasteiger partial charge in [-0.05, 0) is 36.4 Å². The fourth-order valence-corrected chi connectivity index (χ4v) is 1.88. The van der Waals surface area contributed by atoms with Gasteiger partial charge in [0.25, 0.3) is 0 Å². The quantitative estimate of drug-likeness (QED) is 0.530. The predicted molar refractivity (Wildman–Crippen MR) is 77.1 cm³/mol. The van der Waals surface area contributed by atoms with Crippen LogP contribution in [0.5, 0.6) is 5.75 Å². The van der Waals surface area contributed by atoms with Gasteiger partial charge in [0.15, 0.2) is 11.6 Å². The van der Waals surface area contributed by atoms with Crippen LogP contribution in [-0.2, 0) is 4.79 Å². The maximum atomic E-state index is 13.2. The Labute approximate surface area is 129 Å². The largest absolute Gasteiger partial charge is 0.423 e. The molecule has 0 atom stereocenters. The monoisotopic (exact) mass is 325 g/mol. The number of rotatable bonds is 3. The maximum absolute atomic E-state index is 13.2. The van der Waals surface area contributed by atoms with Gasteiger partial charge in [-0.1, -0.05) is 11.6 Å². The normalized spacial score (nSPS) is 10.2. The highest BCUT2D eigenvalue weighted by atomic mass is 35.5. The van der Waals surface area contributed by atoms with E-state index in [1.165, 1.54) is 31.2 Å². The molecule has 0 radical (unpaired) electrons. The van der Waals surface area contributed by atoms with Gasteiger partial charge in [-0.3, -0.25) is 4.79 Å². The van der Waals surface area contributed by atoms with E-state index in [1.54, 1.807) is 0 Å². The van der Waals surface area contributed by atoms with Gasteiger partial charge in [-0.15, -0.1) is 0 Å². The van der Waals surface area contributed by atoms with Gasteiger partial charge in [-0.25, -0.2) is 13.6 Å². The molecule has 0 aliphatic heterocycles. The number of hydrogen-bond acceptors (Lipinski definition) is 3. The molecule has 1 amide bonds. The van der Waals surface area contributed by atoms with Crippen LogP contribution in [-0.4, -0.2) is 11.9 Å². The first-order valence-electron chi connectivity index (χ1n) is 6.11. The van der Waals surface area contributed by atoms with Crippen molar-refractivity contribution in [2.24, 2.45) is 0 Å². The molecule has 0 saturated heterocycles. The average Bonchev–Trinajstić information content (AvgIpc) is 2.44. The Hall–Kier alpha value is -2.47. The second-order valence-corrected chi connectivity index (χ2v) is 4.75. The molecule has 0 aliphatic rings. The van der Waals surface area contributed by atoms with Gasteiger partial charge in [0, 0.05) is 12.6 Å². The van der Waals surface area contributed by atoms with E-state index in [2.05, 4.69) is 5.32 Å². The van der Waals surface area contributed by atoms with Gasteiger partial charge in [0.1, 0.15) is 5.75 Å². The van der Waals surface area contributed by atoms with Gasteiger partial charge in [0.05, 0.1) is 10.6 Å². The van der Waals surface area contributed by atoms with Crippen molar-refractivity contribution in [2.45, 2.75) is 6.92 Å². The standard InChI is InChI=1S/C15H10ClF2NO3/c1-8(20)19-9-2-4-10(5-3-9)22-15(21)11-6-13(17)14(18)7-12(11)16/h2-7H,1H3,(H,19,20). The molecular weight excluding hydrogens is 316 g/mol. The summed E-state index contributed by atoms with van der Waals surface area (Å²) < 4.78 is 31.1. The SMILES string of the molecule is CC(=O)Nc1ccc(OC(=O)c2cc(F)c(F)cc2Cl)cc1. The lowest BCUT2D eigenvalue weighted by Gasteiger charge is -2.07. The predicted octanol–water partition coefficient (Wildman–Crippen LogP) is 3.80. The molecule has 1 N–H and O–H groups in total. The van der Waals surface area contributed by atoms with E-state index in [9.17, 15) is 18.4 Å². The van der Waals surface area contributed by atoms with E-state index >= 15 is 0 Å². The first kappa shape index (κ1) is 15.9. The topological polar surface area (TPSA) is 55.4 Å². The summed E-state index contributed by atoms with van der Waals surface area (Å²) >= 11 is 5.69. The molecule has 2 aromatic rings. The number of ether oxygens (including phenoxy) is 1. The number of hydrogen-bond donors (Lipinski definition) is 1.